The Morgan fingerprint density at radius 2 is 1.56 bits per heavy atom. The Hall–Kier alpha value is -4.05. The van der Waals surface area contributed by atoms with Crippen molar-refractivity contribution in [1.29, 1.82) is 0 Å². The zero-order valence-corrected chi connectivity index (χ0v) is 35.8. The zero-order chi connectivity index (χ0) is 43.0. The molecule has 16 nitrogen and oxygen atoms in total. The van der Waals surface area contributed by atoms with Crippen LogP contribution in [0.2, 0.25) is 0 Å². The predicted octanol–water partition coefficient (Wildman–Crippen LogP) is 4.04. The molecule has 3 heterocycles. The highest BCUT2D eigenvalue weighted by molar-refractivity contribution is 5.85. The van der Waals surface area contributed by atoms with E-state index in [1.807, 2.05) is 24.3 Å². The minimum atomic E-state index is -1.06. The number of aromatic nitrogens is 2. The van der Waals surface area contributed by atoms with Gasteiger partial charge in [0.25, 0.3) is 0 Å². The van der Waals surface area contributed by atoms with Crippen molar-refractivity contribution >= 4 is 17.8 Å². The Morgan fingerprint density at radius 3 is 2.25 bits per heavy atom. The average Bonchev–Trinajstić information content (AvgIpc) is 3.80. The lowest BCUT2D eigenvalue weighted by molar-refractivity contribution is -0.125. The first-order valence-corrected chi connectivity index (χ1v) is 21.8. The highest BCUT2D eigenvalue weighted by Crippen LogP contribution is 2.63. The minimum absolute atomic E-state index is 0.0125. The summed E-state index contributed by atoms with van der Waals surface area (Å²) in [6, 6.07) is 10.0. The van der Waals surface area contributed by atoms with E-state index in [1.54, 1.807) is 12.3 Å². The summed E-state index contributed by atoms with van der Waals surface area (Å²) in [7, 11) is 0. The van der Waals surface area contributed by atoms with Crippen molar-refractivity contribution in [2.75, 3.05) is 119 Å². The summed E-state index contributed by atoms with van der Waals surface area (Å²) in [5, 5.41) is 12.1. The van der Waals surface area contributed by atoms with Gasteiger partial charge in [-0.2, -0.15) is 0 Å². The molecule has 0 bridgehead atoms. The van der Waals surface area contributed by atoms with E-state index < -0.39 is 18.1 Å². The second-order valence-electron chi connectivity index (χ2n) is 15.7. The number of carboxylic acids is 1. The third-order valence-electron chi connectivity index (χ3n) is 11.5. The third-order valence-corrected chi connectivity index (χ3v) is 11.5. The molecule has 2 aromatic heterocycles. The second kappa shape index (κ2) is 27.1. The number of pyridine rings is 2. The SMILES string of the molecule is C[C@]12CCC#CCC[C@H]1C2COC(=O)NCCOCCOCCCC(=O)C(c1ccccn1)N1CCOCCOCCN(Cc2cccc(C(=O)O)n2)CCOCCOCC1. The number of carboxylic acid groups (broad SMARTS) is 1. The van der Waals surface area contributed by atoms with Crippen molar-refractivity contribution in [2.24, 2.45) is 17.3 Å². The maximum atomic E-state index is 13.9. The molecule has 1 saturated carbocycles. The van der Waals surface area contributed by atoms with Crippen LogP contribution in [0.5, 0.6) is 0 Å². The Labute approximate surface area is 360 Å². The molecule has 2 N–H and O–H groups in total. The molecule has 0 spiro atoms. The fraction of sp³-hybridized carbons (Fsp3) is 0.667. The number of alkyl carbamates (subject to hydrolysis) is 1. The van der Waals surface area contributed by atoms with Crippen LogP contribution in [-0.2, 0) is 44.5 Å². The molecule has 3 aliphatic rings. The average molecular weight is 852 g/mol. The monoisotopic (exact) mass is 851 g/mol. The van der Waals surface area contributed by atoms with Gasteiger partial charge in [-0.1, -0.05) is 19.1 Å². The number of aromatic carboxylic acids is 1. The Balaban J connectivity index is 0.976. The van der Waals surface area contributed by atoms with Gasteiger partial charge < -0.3 is 43.6 Å². The van der Waals surface area contributed by atoms with Crippen LogP contribution in [0.1, 0.15) is 73.4 Å². The number of carbonyl (C=O) groups excluding carboxylic acids is 2. The smallest absolute Gasteiger partial charge is 0.407 e. The summed E-state index contributed by atoms with van der Waals surface area (Å²) in [5.41, 5.74) is 1.58. The number of ether oxygens (including phenoxy) is 7. The van der Waals surface area contributed by atoms with Gasteiger partial charge in [0.2, 0.25) is 0 Å². The number of hydrogen-bond donors (Lipinski definition) is 2. The Morgan fingerprint density at radius 1 is 0.869 bits per heavy atom. The predicted molar refractivity (Wildman–Crippen MR) is 225 cm³/mol. The van der Waals surface area contributed by atoms with Crippen molar-refractivity contribution < 1.29 is 52.6 Å². The quantitative estimate of drug-likeness (QED) is 0.162. The summed E-state index contributed by atoms with van der Waals surface area (Å²) in [6.45, 7) is 10.5. The van der Waals surface area contributed by atoms with Crippen LogP contribution in [-0.4, -0.2) is 161 Å². The van der Waals surface area contributed by atoms with E-state index in [2.05, 4.69) is 43.8 Å². The lowest BCUT2D eigenvalue weighted by Crippen LogP contribution is -2.39. The van der Waals surface area contributed by atoms with E-state index in [4.69, 9.17) is 33.2 Å². The van der Waals surface area contributed by atoms with Gasteiger partial charge in [0.05, 0.1) is 90.7 Å². The van der Waals surface area contributed by atoms with Crippen LogP contribution in [0.4, 0.5) is 4.79 Å². The van der Waals surface area contributed by atoms with Gasteiger partial charge in [-0.15, -0.1) is 11.8 Å². The Kier molecular flexibility index (Phi) is 21.3. The van der Waals surface area contributed by atoms with Gasteiger partial charge in [-0.05, 0) is 54.9 Å². The summed E-state index contributed by atoms with van der Waals surface area (Å²) >= 11 is 0. The normalized spacial score (nSPS) is 23.0. The van der Waals surface area contributed by atoms with E-state index in [0.29, 0.717) is 161 Å². The maximum Gasteiger partial charge on any atom is 0.407 e. The molecule has 61 heavy (non-hydrogen) atoms. The molecule has 2 aliphatic carbocycles. The van der Waals surface area contributed by atoms with Gasteiger partial charge in [-0.3, -0.25) is 19.6 Å². The molecule has 2 unspecified atom stereocenters. The molecule has 2 aromatic rings. The highest BCUT2D eigenvalue weighted by atomic mass is 16.6. The van der Waals surface area contributed by atoms with Crippen molar-refractivity contribution in [3.05, 3.63) is 59.7 Å². The van der Waals surface area contributed by atoms with Crippen molar-refractivity contribution in [3.8, 4) is 11.8 Å². The van der Waals surface area contributed by atoms with E-state index in [0.717, 1.165) is 25.7 Å². The second-order valence-corrected chi connectivity index (χ2v) is 15.7. The number of hydrogen-bond acceptors (Lipinski definition) is 14. The lowest BCUT2D eigenvalue weighted by Gasteiger charge is -2.30. The number of carbonyl (C=O) groups is 3. The van der Waals surface area contributed by atoms with Crippen LogP contribution in [0, 0.1) is 29.1 Å². The number of rotatable bonds is 18. The van der Waals surface area contributed by atoms with Crippen molar-refractivity contribution in [3.63, 3.8) is 0 Å². The van der Waals surface area contributed by atoms with Crippen LogP contribution < -0.4 is 5.32 Å². The summed E-state index contributed by atoms with van der Waals surface area (Å²) in [6.07, 6.45) is 6.12. The first-order valence-electron chi connectivity index (χ1n) is 21.8. The van der Waals surface area contributed by atoms with E-state index >= 15 is 0 Å². The van der Waals surface area contributed by atoms with Crippen LogP contribution in [0.3, 0.4) is 0 Å². The summed E-state index contributed by atoms with van der Waals surface area (Å²) in [5.74, 6) is 6.42. The number of nitrogens with one attached hydrogen (secondary N) is 1. The lowest BCUT2D eigenvalue weighted by atomic mass is 9.95. The summed E-state index contributed by atoms with van der Waals surface area (Å²) in [4.78, 5) is 50.5. The fourth-order valence-electron chi connectivity index (χ4n) is 8.00. The molecule has 16 heteroatoms. The Bertz CT molecular complexity index is 1660. The molecule has 336 valence electrons. The van der Waals surface area contributed by atoms with E-state index in [1.165, 1.54) is 6.07 Å². The molecule has 2 fully saturated rings. The van der Waals surface area contributed by atoms with Crippen molar-refractivity contribution in [2.45, 2.75) is 58.0 Å². The first kappa shape index (κ1) is 48.0. The molecule has 0 aromatic carbocycles. The van der Waals surface area contributed by atoms with E-state index in [9.17, 15) is 19.5 Å². The van der Waals surface area contributed by atoms with Crippen LogP contribution in [0.15, 0.2) is 42.6 Å². The molecule has 0 radical (unpaired) electrons. The van der Waals surface area contributed by atoms with Gasteiger partial charge in [-0.25, -0.2) is 14.6 Å². The van der Waals surface area contributed by atoms with Gasteiger partial charge in [0.1, 0.15) is 11.7 Å². The first-order chi connectivity index (χ1) is 29.8. The number of fused-ring (bicyclic) bond motifs is 1. The van der Waals surface area contributed by atoms with Crippen LogP contribution >= 0.6 is 0 Å². The largest absolute Gasteiger partial charge is 0.477 e. The highest BCUT2D eigenvalue weighted by Gasteiger charge is 2.60. The maximum absolute atomic E-state index is 13.9. The van der Waals surface area contributed by atoms with Crippen LogP contribution in [0.25, 0.3) is 0 Å². The molecule has 5 rings (SSSR count). The molecular weight excluding hydrogens is 787 g/mol. The molecular formula is C45H65N5O11. The minimum Gasteiger partial charge on any atom is -0.477 e. The fourth-order valence-corrected chi connectivity index (χ4v) is 8.00. The molecule has 1 aliphatic heterocycles. The van der Waals surface area contributed by atoms with Gasteiger partial charge in [0.15, 0.2) is 5.78 Å². The molecule has 1 amide bonds. The van der Waals surface area contributed by atoms with Crippen molar-refractivity contribution in [1.82, 2.24) is 25.1 Å². The number of Topliss-reactive ketones (excluding diaryl/α,β-unsaturated/α-hetero) is 1. The topological polar surface area (TPSA) is 180 Å². The standard InChI is InChI=1S/C45H65N5O11/c1-45-15-6-3-2-4-11-37(45)38(45)35-61-44(54)47-17-23-56-29-28-55-22-9-14-41(51)42(39-12-5-7-16-46-39)50-20-26-59-32-30-57-24-18-49(19-25-58-31-33-60-27-21-50)34-36-10-8-13-40(48-36)43(52)53/h5,7-8,10,12-13,16,37-38,42H,4,6,9,11,14-15,17-35H2,1H3,(H,47,54)(H,52,53)/t37-,38?,42?,45-/m0/s1. The number of nitrogens with zero attached hydrogens (tertiary/aromatic N) is 4. The van der Waals surface area contributed by atoms with E-state index in [-0.39, 0.29) is 16.9 Å². The zero-order valence-electron chi connectivity index (χ0n) is 35.8. The molecule has 1 saturated heterocycles. The molecule has 4 atom stereocenters. The number of amides is 1. The summed E-state index contributed by atoms with van der Waals surface area (Å²) < 4.78 is 40.6. The number of ketones is 1. The van der Waals surface area contributed by atoms with Gasteiger partial charge >= 0.3 is 12.1 Å². The third kappa shape index (κ3) is 17.0. The van der Waals surface area contributed by atoms with Gasteiger partial charge in [0, 0.05) is 77.3 Å².